The van der Waals surface area contributed by atoms with Crippen molar-refractivity contribution in [1.82, 2.24) is 10.2 Å². The van der Waals surface area contributed by atoms with Gasteiger partial charge in [-0.2, -0.15) is 0 Å². The number of hydrogen-bond donors (Lipinski definition) is 1. The Labute approximate surface area is 97.6 Å². The van der Waals surface area contributed by atoms with Gasteiger partial charge >= 0.3 is 0 Å². The van der Waals surface area contributed by atoms with Crippen molar-refractivity contribution in [3.8, 4) is 0 Å². The lowest BCUT2D eigenvalue weighted by molar-refractivity contribution is -0.131. The zero-order valence-corrected chi connectivity index (χ0v) is 10.2. The van der Waals surface area contributed by atoms with Crippen LogP contribution in [0.15, 0.2) is 0 Å². The average molecular weight is 222 g/mol. The standard InChI is InChI=1S/C13H22N2O/c1-2-11-14-13(7-8-13)12(16)15(11)9-6-10-4-3-5-10/h10-11,14H,2-9H2,1H3. The molecule has 90 valence electrons. The predicted octanol–water partition coefficient (Wildman–Crippen LogP) is 1.88. The molecule has 1 aliphatic heterocycles. The second-order valence-electron chi connectivity index (χ2n) is 5.73. The van der Waals surface area contributed by atoms with Gasteiger partial charge in [-0.25, -0.2) is 0 Å². The molecule has 3 fully saturated rings. The molecule has 1 amide bonds. The molecule has 1 spiro atoms. The van der Waals surface area contributed by atoms with Crippen molar-refractivity contribution in [3.63, 3.8) is 0 Å². The van der Waals surface area contributed by atoms with Crippen LogP contribution in [0.5, 0.6) is 0 Å². The van der Waals surface area contributed by atoms with Gasteiger partial charge in [-0.1, -0.05) is 26.2 Å². The van der Waals surface area contributed by atoms with E-state index in [9.17, 15) is 4.79 Å². The Kier molecular flexibility index (Phi) is 2.46. The van der Waals surface area contributed by atoms with Crippen molar-refractivity contribution in [2.75, 3.05) is 6.54 Å². The fourth-order valence-corrected chi connectivity index (χ4v) is 3.04. The highest BCUT2D eigenvalue weighted by Crippen LogP contribution is 2.43. The molecule has 0 bridgehead atoms. The van der Waals surface area contributed by atoms with E-state index in [1.54, 1.807) is 0 Å². The van der Waals surface area contributed by atoms with E-state index >= 15 is 0 Å². The van der Waals surface area contributed by atoms with E-state index < -0.39 is 0 Å². The molecule has 1 heterocycles. The van der Waals surface area contributed by atoms with E-state index in [4.69, 9.17) is 0 Å². The van der Waals surface area contributed by atoms with Crippen LogP contribution in [0.2, 0.25) is 0 Å². The summed E-state index contributed by atoms with van der Waals surface area (Å²) in [4.78, 5) is 14.4. The molecular formula is C13H22N2O. The SMILES string of the molecule is CCC1NC2(CC2)C(=O)N1CCC1CCC1. The zero-order chi connectivity index (χ0) is 11.2. The summed E-state index contributed by atoms with van der Waals surface area (Å²) in [5.74, 6) is 1.29. The number of hydrogen-bond acceptors (Lipinski definition) is 2. The second-order valence-corrected chi connectivity index (χ2v) is 5.73. The van der Waals surface area contributed by atoms with E-state index in [-0.39, 0.29) is 5.54 Å². The lowest BCUT2D eigenvalue weighted by Crippen LogP contribution is -2.38. The first-order chi connectivity index (χ1) is 7.75. The van der Waals surface area contributed by atoms with Crippen molar-refractivity contribution in [3.05, 3.63) is 0 Å². The van der Waals surface area contributed by atoms with Crippen LogP contribution >= 0.6 is 0 Å². The first-order valence-electron chi connectivity index (χ1n) is 6.84. The highest BCUT2D eigenvalue weighted by Gasteiger charge is 2.58. The number of nitrogens with zero attached hydrogens (tertiary/aromatic N) is 1. The maximum absolute atomic E-state index is 12.2. The summed E-state index contributed by atoms with van der Waals surface area (Å²) in [6.07, 6.45) is 8.87. The van der Waals surface area contributed by atoms with Gasteiger partial charge in [-0.15, -0.1) is 0 Å². The van der Waals surface area contributed by atoms with Crippen molar-refractivity contribution >= 4 is 5.91 Å². The smallest absolute Gasteiger partial charge is 0.244 e. The molecule has 1 atom stereocenters. The molecule has 0 aromatic carbocycles. The fraction of sp³-hybridized carbons (Fsp3) is 0.923. The predicted molar refractivity (Wildman–Crippen MR) is 62.9 cm³/mol. The van der Waals surface area contributed by atoms with Crippen LogP contribution in [-0.2, 0) is 4.79 Å². The van der Waals surface area contributed by atoms with Gasteiger partial charge in [0.15, 0.2) is 0 Å². The Morgan fingerprint density at radius 2 is 2.19 bits per heavy atom. The molecule has 3 rings (SSSR count). The maximum Gasteiger partial charge on any atom is 0.244 e. The van der Waals surface area contributed by atoms with Crippen molar-refractivity contribution in [1.29, 1.82) is 0 Å². The molecule has 2 aliphatic carbocycles. The van der Waals surface area contributed by atoms with Crippen LogP contribution in [0.1, 0.15) is 51.9 Å². The largest absolute Gasteiger partial charge is 0.326 e. The maximum atomic E-state index is 12.2. The number of nitrogens with one attached hydrogen (secondary N) is 1. The first kappa shape index (κ1) is 10.6. The van der Waals surface area contributed by atoms with Crippen LogP contribution in [-0.4, -0.2) is 29.1 Å². The number of carbonyl (C=O) groups excluding carboxylic acids is 1. The highest BCUT2D eigenvalue weighted by molar-refractivity contribution is 5.91. The molecule has 1 unspecified atom stereocenters. The normalized spacial score (nSPS) is 32.2. The summed E-state index contributed by atoms with van der Waals surface area (Å²) < 4.78 is 0. The third-order valence-electron chi connectivity index (χ3n) is 4.63. The summed E-state index contributed by atoms with van der Waals surface area (Å²) >= 11 is 0. The van der Waals surface area contributed by atoms with Gasteiger partial charge in [-0.05, 0) is 31.6 Å². The monoisotopic (exact) mass is 222 g/mol. The Balaban J connectivity index is 1.60. The lowest BCUT2D eigenvalue weighted by Gasteiger charge is -2.29. The molecule has 3 nitrogen and oxygen atoms in total. The molecule has 0 radical (unpaired) electrons. The molecular weight excluding hydrogens is 200 g/mol. The Hall–Kier alpha value is -0.570. The van der Waals surface area contributed by atoms with Gasteiger partial charge in [0.25, 0.3) is 0 Å². The number of rotatable bonds is 4. The van der Waals surface area contributed by atoms with Crippen LogP contribution < -0.4 is 5.32 Å². The summed E-state index contributed by atoms with van der Waals surface area (Å²) in [5.41, 5.74) is -0.111. The van der Waals surface area contributed by atoms with Crippen molar-refractivity contribution < 1.29 is 4.79 Å². The Morgan fingerprint density at radius 3 is 2.69 bits per heavy atom. The van der Waals surface area contributed by atoms with Gasteiger partial charge in [-0.3, -0.25) is 10.1 Å². The minimum Gasteiger partial charge on any atom is -0.326 e. The van der Waals surface area contributed by atoms with Gasteiger partial charge < -0.3 is 4.90 Å². The minimum absolute atomic E-state index is 0.111. The van der Waals surface area contributed by atoms with Crippen LogP contribution in [0, 0.1) is 5.92 Å². The van der Waals surface area contributed by atoms with Crippen LogP contribution in [0.25, 0.3) is 0 Å². The molecule has 3 aliphatic rings. The third-order valence-corrected chi connectivity index (χ3v) is 4.63. The third kappa shape index (κ3) is 1.56. The number of carbonyl (C=O) groups is 1. The average Bonchev–Trinajstić information content (AvgIpc) is 2.94. The van der Waals surface area contributed by atoms with E-state index in [1.165, 1.54) is 25.7 Å². The van der Waals surface area contributed by atoms with Gasteiger partial charge in [0.05, 0.1) is 11.7 Å². The van der Waals surface area contributed by atoms with Crippen molar-refractivity contribution in [2.45, 2.75) is 63.6 Å². The van der Waals surface area contributed by atoms with Gasteiger partial charge in [0, 0.05) is 6.54 Å². The lowest BCUT2D eigenvalue weighted by atomic mass is 9.83. The van der Waals surface area contributed by atoms with E-state index in [0.29, 0.717) is 12.1 Å². The first-order valence-corrected chi connectivity index (χ1v) is 6.84. The molecule has 0 aromatic rings. The number of amides is 1. The van der Waals surface area contributed by atoms with E-state index in [1.807, 2.05) is 0 Å². The molecule has 0 aromatic heterocycles. The van der Waals surface area contributed by atoms with Crippen molar-refractivity contribution in [2.24, 2.45) is 5.92 Å². The minimum atomic E-state index is -0.111. The van der Waals surface area contributed by atoms with E-state index in [2.05, 4.69) is 17.1 Å². The zero-order valence-electron chi connectivity index (χ0n) is 10.2. The molecule has 16 heavy (non-hydrogen) atoms. The van der Waals surface area contributed by atoms with Crippen LogP contribution in [0.4, 0.5) is 0 Å². The second kappa shape index (κ2) is 3.73. The molecule has 3 heteroatoms. The Bertz CT molecular complexity index is 294. The van der Waals surface area contributed by atoms with E-state index in [0.717, 1.165) is 31.7 Å². The quantitative estimate of drug-likeness (QED) is 0.787. The molecule has 1 N–H and O–H groups in total. The fourth-order valence-electron chi connectivity index (χ4n) is 3.04. The summed E-state index contributed by atoms with van der Waals surface area (Å²) in [5, 5.41) is 3.53. The highest BCUT2D eigenvalue weighted by atomic mass is 16.2. The summed E-state index contributed by atoms with van der Waals surface area (Å²) in [7, 11) is 0. The summed E-state index contributed by atoms with van der Waals surface area (Å²) in [6.45, 7) is 3.15. The molecule has 1 saturated heterocycles. The molecule has 2 saturated carbocycles. The summed E-state index contributed by atoms with van der Waals surface area (Å²) in [6, 6.07) is 0. The topological polar surface area (TPSA) is 32.3 Å². The Morgan fingerprint density at radius 1 is 1.44 bits per heavy atom. The van der Waals surface area contributed by atoms with Gasteiger partial charge in [0.1, 0.15) is 0 Å². The van der Waals surface area contributed by atoms with Crippen LogP contribution in [0.3, 0.4) is 0 Å². The van der Waals surface area contributed by atoms with Gasteiger partial charge in [0.2, 0.25) is 5.91 Å².